The summed E-state index contributed by atoms with van der Waals surface area (Å²) in [6, 6.07) is 12.5. The zero-order valence-corrected chi connectivity index (χ0v) is 13.0. The van der Waals surface area contributed by atoms with Crippen molar-refractivity contribution in [1.82, 2.24) is 4.90 Å². The summed E-state index contributed by atoms with van der Waals surface area (Å²) < 4.78 is 0.806. The molecule has 0 aliphatic heterocycles. The number of rotatable bonds is 3. The van der Waals surface area contributed by atoms with Gasteiger partial charge in [-0.3, -0.25) is 4.79 Å². The van der Waals surface area contributed by atoms with Gasteiger partial charge in [-0.05, 0) is 58.2 Å². The molecule has 0 atom stereocenters. The van der Waals surface area contributed by atoms with E-state index in [0.29, 0.717) is 12.1 Å². The number of carbonyl (C=O) groups is 1. The summed E-state index contributed by atoms with van der Waals surface area (Å²) in [5.74, 6) is 0.189. The van der Waals surface area contributed by atoms with Gasteiger partial charge in [-0.15, -0.1) is 0 Å². The van der Waals surface area contributed by atoms with Gasteiger partial charge in [-0.25, -0.2) is 0 Å². The number of aryl methyl sites for hydroxylation is 1. The third-order valence-corrected chi connectivity index (χ3v) is 3.71. The van der Waals surface area contributed by atoms with Crippen LogP contribution in [0.2, 0.25) is 0 Å². The molecule has 4 heteroatoms. The molecule has 104 valence electrons. The summed E-state index contributed by atoms with van der Waals surface area (Å²) in [6.07, 6.45) is 0. The van der Waals surface area contributed by atoms with Gasteiger partial charge in [0.25, 0.3) is 5.91 Å². The largest absolute Gasteiger partial charge is 0.508 e. The molecule has 0 bridgehead atoms. The van der Waals surface area contributed by atoms with Gasteiger partial charge in [0.15, 0.2) is 0 Å². The van der Waals surface area contributed by atoms with E-state index >= 15 is 0 Å². The number of amides is 1. The van der Waals surface area contributed by atoms with Gasteiger partial charge in [0, 0.05) is 18.1 Å². The second kappa shape index (κ2) is 6.09. The molecule has 0 aliphatic carbocycles. The Kier molecular flexibility index (Phi) is 4.45. The molecule has 0 radical (unpaired) electrons. The second-order valence-electron chi connectivity index (χ2n) is 4.81. The minimum Gasteiger partial charge on any atom is -0.508 e. The minimum atomic E-state index is -0.0371. The van der Waals surface area contributed by atoms with Crippen LogP contribution in [0, 0.1) is 6.92 Å². The number of aromatic hydroxyl groups is 1. The van der Waals surface area contributed by atoms with Crippen LogP contribution < -0.4 is 0 Å². The topological polar surface area (TPSA) is 40.5 Å². The lowest BCUT2D eigenvalue weighted by molar-refractivity contribution is 0.0784. The molecule has 0 heterocycles. The molecule has 3 nitrogen and oxygen atoms in total. The lowest BCUT2D eigenvalue weighted by Gasteiger charge is -2.18. The Balaban J connectivity index is 2.14. The fraction of sp³-hybridized carbons (Fsp3) is 0.188. The van der Waals surface area contributed by atoms with Crippen LogP contribution in [-0.4, -0.2) is 23.0 Å². The van der Waals surface area contributed by atoms with E-state index in [1.807, 2.05) is 37.3 Å². The zero-order valence-electron chi connectivity index (χ0n) is 11.4. The molecular formula is C16H16BrNO2. The summed E-state index contributed by atoms with van der Waals surface area (Å²) in [5, 5.41) is 9.25. The first kappa shape index (κ1) is 14.6. The van der Waals surface area contributed by atoms with Crippen molar-refractivity contribution in [1.29, 1.82) is 0 Å². The average molecular weight is 334 g/mol. The number of phenolic OH excluding ortho intramolecular Hbond substituents is 1. The highest BCUT2D eigenvalue weighted by Crippen LogP contribution is 2.20. The number of carbonyl (C=O) groups excluding carboxylic acids is 1. The van der Waals surface area contributed by atoms with Crippen molar-refractivity contribution in [2.45, 2.75) is 13.5 Å². The molecule has 2 aromatic carbocycles. The molecule has 0 fully saturated rings. The van der Waals surface area contributed by atoms with Crippen LogP contribution >= 0.6 is 15.9 Å². The van der Waals surface area contributed by atoms with Gasteiger partial charge in [-0.2, -0.15) is 0 Å². The Bertz CT molecular complexity index is 623. The predicted molar refractivity (Wildman–Crippen MR) is 82.8 cm³/mol. The van der Waals surface area contributed by atoms with E-state index in [2.05, 4.69) is 15.9 Å². The number of hydrogen-bond donors (Lipinski definition) is 1. The lowest BCUT2D eigenvalue weighted by Crippen LogP contribution is -2.26. The minimum absolute atomic E-state index is 0.0371. The standard InChI is InChI=1S/C16H16BrNO2/c1-11-3-8-14(15(17)9-11)16(20)18(2)10-12-4-6-13(19)7-5-12/h3-9,19H,10H2,1-2H3. The molecule has 1 N–H and O–H groups in total. The molecule has 0 saturated heterocycles. The molecule has 0 saturated carbocycles. The predicted octanol–water partition coefficient (Wildman–Crippen LogP) is 3.74. The Hall–Kier alpha value is -1.81. The van der Waals surface area contributed by atoms with Crippen LogP contribution in [0.3, 0.4) is 0 Å². The molecule has 0 aliphatic rings. The van der Waals surface area contributed by atoms with Crippen molar-refractivity contribution in [3.05, 3.63) is 63.6 Å². The van der Waals surface area contributed by atoms with Crippen LogP contribution in [0.25, 0.3) is 0 Å². The maximum atomic E-state index is 12.4. The van der Waals surface area contributed by atoms with Crippen molar-refractivity contribution in [3.8, 4) is 5.75 Å². The first-order valence-corrected chi connectivity index (χ1v) is 7.06. The summed E-state index contributed by atoms with van der Waals surface area (Å²) in [4.78, 5) is 14.0. The zero-order chi connectivity index (χ0) is 14.7. The van der Waals surface area contributed by atoms with Gasteiger partial charge in [0.1, 0.15) is 5.75 Å². The van der Waals surface area contributed by atoms with Crippen molar-refractivity contribution >= 4 is 21.8 Å². The van der Waals surface area contributed by atoms with Crippen LogP contribution in [0.15, 0.2) is 46.9 Å². The van der Waals surface area contributed by atoms with E-state index in [0.717, 1.165) is 15.6 Å². The molecule has 2 aromatic rings. The van der Waals surface area contributed by atoms with Gasteiger partial charge in [0.2, 0.25) is 0 Å². The number of phenols is 1. The lowest BCUT2D eigenvalue weighted by atomic mass is 10.1. The molecule has 0 unspecified atom stereocenters. The summed E-state index contributed by atoms with van der Waals surface area (Å²) in [7, 11) is 1.77. The molecule has 1 amide bonds. The maximum absolute atomic E-state index is 12.4. The summed E-state index contributed by atoms with van der Waals surface area (Å²) in [5.41, 5.74) is 2.73. The van der Waals surface area contributed by atoms with E-state index in [1.54, 1.807) is 24.1 Å². The van der Waals surface area contributed by atoms with Crippen LogP contribution in [0.5, 0.6) is 5.75 Å². The molecular weight excluding hydrogens is 318 g/mol. The van der Waals surface area contributed by atoms with Crippen LogP contribution in [0.4, 0.5) is 0 Å². The fourth-order valence-corrected chi connectivity index (χ4v) is 2.61. The van der Waals surface area contributed by atoms with E-state index in [-0.39, 0.29) is 11.7 Å². The second-order valence-corrected chi connectivity index (χ2v) is 5.67. The molecule has 0 aromatic heterocycles. The van der Waals surface area contributed by atoms with Crippen molar-refractivity contribution in [2.24, 2.45) is 0 Å². The molecule has 20 heavy (non-hydrogen) atoms. The number of benzene rings is 2. The number of halogens is 1. The fourth-order valence-electron chi connectivity index (χ4n) is 1.95. The quantitative estimate of drug-likeness (QED) is 0.929. The first-order valence-electron chi connectivity index (χ1n) is 6.27. The highest BCUT2D eigenvalue weighted by molar-refractivity contribution is 9.10. The maximum Gasteiger partial charge on any atom is 0.255 e. The highest BCUT2D eigenvalue weighted by atomic mass is 79.9. The summed E-state index contributed by atoms with van der Waals surface area (Å²) >= 11 is 3.43. The molecule has 0 spiro atoms. The van der Waals surface area contributed by atoms with E-state index in [4.69, 9.17) is 0 Å². The third kappa shape index (κ3) is 3.39. The van der Waals surface area contributed by atoms with Crippen molar-refractivity contribution in [3.63, 3.8) is 0 Å². The van der Waals surface area contributed by atoms with Gasteiger partial charge < -0.3 is 10.0 Å². The van der Waals surface area contributed by atoms with Crippen molar-refractivity contribution < 1.29 is 9.90 Å². The van der Waals surface area contributed by atoms with Gasteiger partial charge in [0.05, 0.1) is 5.56 Å². The van der Waals surface area contributed by atoms with Gasteiger partial charge >= 0.3 is 0 Å². The smallest absolute Gasteiger partial charge is 0.255 e. The first-order chi connectivity index (χ1) is 9.47. The van der Waals surface area contributed by atoms with Crippen LogP contribution in [-0.2, 0) is 6.54 Å². The highest BCUT2D eigenvalue weighted by Gasteiger charge is 2.15. The average Bonchev–Trinajstić information content (AvgIpc) is 2.40. The Morgan fingerprint density at radius 1 is 1.20 bits per heavy atom. The number of hydrogen-bond acceptors (Lipinski definition) is 2. The number of nitrogens with zero attached hydrogens (tertiary/aromatic N) is 1. The Labute approximate surface area is 127 Å². The van der Waals surface area contributed by atoms with Crippen LogP contribution in [0.1, 0.15) is 21.5 Å². The van der Waals surface area contributed by atoms with E-state index in [9.17, 15) is 9.90 Å². The normalized spacial score (nSPS) is 10.3. The molecule has 2 rings (SSSR count). The monoisotopic (exact) mass is 333 g/mol. The third-order valence-electron chi connectivity index (χ3n) is 3.06. The van der Waals surface area contributed by atoms with Gasteiger partial charge in [-0.1, -0.05) is 18.2 Å². The Morgan fingerprint density at radius 2 is 1.85 bits per heavy atom. The van der Waals surface area contributed by atoms with E-state index < -0.39 is 0 Å². The Morgan fingerprint density at radius 3 is 2.45 bits per heavy atom. The van der Waals surface area contributed by atoms with E-state index in [1.165, 1.54) is 0 Å². The van der Waals surface area contributed by atoms with Crippen molar-refractivity contribution in [2.75, 3.05) is 7.05 Å². The SMILES string of the molecule is Cc1ccc(C(=O)N(C)Cc2ccc(O)cc2)c(Br)c1. The summed E-state index contributed by atoms with van der Waals surface area (Å²) in [6.45, 7) is 2.48.